The molecule has 0 aliphatic rings. The zero-order valence-electron chi connectivity index (χ0n) is 14.5. The van der Waals surface area contributed by atoms with Crippen LogP contribution in [-0.4, -0.2) is 27.6 Å². The summed E-state index contributed by atoms with van der Waals surface area (Å²) in [4.78, 5) is 23.8. The van der Waals surface area contributed by atoms with E-state index in [9.17, 15) is 14.7 Å². The number of rotatable bonds is 6. The Morgan fingerprint density at radius 1 is 1.17 bits per heavy atom. The second-order valence-corrected chi connectivity index (χ2v) is 6.39. The summed E-state index contributed by atoms with van der Waals surface area (Å²) in [6, 6.07) is 10.9. The van der Waals surface area contributed by atoms with Crippen LogP contribution in [0.3, 0.4) is 0 Å². The normalized spacial score (nSPS) is 12.2. The third kappa shape index (κ3) is 3.85. The van der Waals surface area contributed by atoms with Crippen molar-refractivity contribution in [2.75, 3.05) is 0 Å². The molecule has 5 heteroatoms. The molecule has 5 nitrogen and oxygen atoms in total. The van der Waals surface area contributed by atoms with Crippen LogP contribution in [0, 0.1) is 19.8 Å². The van der Waals surface area contributed by atoms with Crippen LogP contribution in [0.1, 0.15) is 41.2 Å². The Labute approximate surface area is 142 Å². The molecule has 0 aliphatic carbocycles. The fraction of sp³-hybridized carbons (Fsp3) is 0.368. The zero-order valence-corrected chi connectivity index (χ0v) is 14.5. The molecule has 24 heavy (non-hydrogen) atoms. The maximum absolute atomic E-state index is 12.5. The van der Waals surface area contributed by atoms with E-state index < -0.39 is 12.0 Å². The number of aromatic nitrogens is 1. The number of nitrogens with one attached hydrogen (secondary N) is 1. The molecule has 2 N–H and O–H groups in total. The Morgan fingerprint density at radius 3 is 2.33 bits per heavy atom. The van der Waals surface area contributed by atoms with Crippen molar-refractivity contribution in [1.29, 1.82) is 0 Å². The Kier molecular flexibility index (Phi) is 5.44. The third-order valence-electron chi connectivity index (χ3n) is 4.22. The lowest BCUT2D eigenvalue weighted by Crippen LogP contribution is -2.44. The van der Waals surface area contributed by atoms with Gasteiger partial charge in [0.25, 0.3) is 5.91 Å². The van der Waals surface area contributed by atoms with E-state index in [0.29, 0.717) is 12.1 Å². The highest BCUT2D eigenvalue weighted by Crippen LogP contribution is 2.18. The summed E-state index contributed by atoms with van der Waals surface area (Å²) in [5.74, 6) is -1.54. The van der Waals surface area contributed by atoms with Gasteiger partial charge in [-0.3, -0.25) is 4.79 Å². The molecule has 1 aromatic carbocycles. The molecule has 2 aromatic rings. The number of benzene rings is 1. The number of amides is 1. The van der Waals surface area contributed by atoms with E-state index >= 15 is 0 Å². The minimum absolute atomic E-state index is 0.181. The number of carboxylic acid groups (broad SMARTS) is 1. The maximum atomic E-state index is 12.5. The molecule has 2 rings (SSSR count). The van der Waals surface area contributed by atoms with E-state index in [-0.39, 0.29) is 11.8 Å². The lowest BCUT2D eigenvalue weighted by atomic mass is 10.0. The highest BCUT2D eigenvalue weighted by atomic mass is 16.4. The average molecular weight is 328 g/mol. The Balaban J connectivity index is 2.24. The topological polar surface area (TPSA) is 71.3 Å². The molecule has 1 heterocycles. The number of carbonyl (C=O) groups excluding carboxylic acids is 1. The van der Waals surface area contributed by atoms with Crippen LogP contribution in [0.15, 0.2) is 36.4 Å². The first kappa shape index (κ1) is 17.8. The quantitative estimate of drug-likeness (QED) is 0.856. The molecule has 0 saturated carbocycles. The minimum Gasteiger partial charge on any atom is -0.480 e. The second-order valence-electron chi connectivity index (χ2n) is 6.39. The number of hydrogen-bond acceptors (Lipinski definition) is 2. The van der Waals surface area contributed by atoms with Crippen molar-refractivity contribution in [3.05, 3.63) is 58.9 Å². The molecule has 0 saturated heterocycles. The van der Waals surface area contributed by atoms with Crippen LogP contribution < -0.4 is 5.32 Å². The first-order valence-corrected chi connectivity index (χ1v) is 8.05. The molecule has 1 atom stereocenters. The molecule has 1 amide bonds. The fourth-order valence-corrected chi connectivity index (χ4v) is 2.77. The summed E-state index contributed by atoms with van der Waals surface area (Å²) in [5, 5.41) is 11.9. The van der Waals surface area contributed by atoms with Gasteiger partial charge in [0, 0.05) is 17.9 Å². The first-order valence-electron chi connectivity index (χ1n) is 8.05. The third-order valence-corrected chi connectivity index (χ3v) is 4.22. The molecule has 0 spiro atoms. The number of aryl methyl sites for hydroxylation is 1. The van der Waals surface area contributed by atoms with E-state index in [1.165, 1.54) is 0 Å². The van der Waals surface area contributed by atoms with E-state index in [1.54, 1.807) is 13.8 Å². The fourth-order valence-electron chi connectivity index (χ4n) is 2.77. The smallest absolute Gasteiger partial charge is 0.326 e. The van der Waals surface area contributed by atoms with Gasteiger partial charge >= 0.3 is 5.97 Å². The number of nitrogens with zero attached hydrogens (tertiary/aromatic N) is 1. The highest BCUT2D eigenvalue weighted by Gasteiger charge is 2.25. The van der Waals surface area contributed by atoms with Gasteiger partial charge in [0.2, 0.25) is 0 Å². The van der Waals surface area contributed by atoms with Gasteiger partial charge in [-0.15, -0.1) is 0 Å². The van der Waals surface area contributed by atoms with Gasteiger partial charge in [-0.2, -0.15) is 0 Å². The maximum Gasteiger partial charge on any atom is 0.326 e. The van der Waals surface area contributed by atoms with Gasteiger partial charge in [0.1, 0.15) is 6.04 Å². The highest BCUT2D eigenvalue weighted by molar-refractivity contribution is 5.97. The summed E-state index contributed by atoms with van der Waals surface area (Å²) in [6.07, 6.45) is 0. The average Bonchev–Trinajstić information content (AvgIpc) is 2.81. The van der Waals surface area contributed by atoms with Crippen LogP contribution in [0.4, 0.5) is 0 Å². The van der Waals surface area contributed by atoms with Crippen molar-refractivity contribution in [2.24, 2.45) is 5.92 Å². The lowest BCUT2D eigenvalue weighted by molar-refractivity contribution is -0.140. The van der Waals surface area contributed by atoms with Crippen LogP contribution in [0.25, 0.3) is 0 Å². The number of carboxylic acids is 1. The van der Waals surface area contributed by atoms with Crippen LogP contribution >= 0.6 is 0 Å². The van der Waals surface area contributed by atoms with Gasteiger partial charge < -0.3 is 15.0 Å². The molecule has 0 aliphatic heterocycles. The van der Waals surface area contributed by atoms with E-state index in [0.717, 1.165) is 17.0 Å². The molecule has 0 bridgehead atoms. The predicted octanol–water partition coefficient (Wildman–Crippen LogP) is 2.99. The monoisotopic (exact) mass is 328 g/mol. The van der Waals surface area contributed by atoms with Gasteiger partial charge in [-0.05, 0) is 31.4 Å². The number of carbonyl (C=O) groups is 2. The van der Waals surface area contributed by atoms with Crippen molar-refractivity contribution in [1.82, 2.24) is 9.88 Å². The lowest BCUT2D eigenvalue weighted by Gasteiger charge is -2.18. The Hall–Kier alpha value is -2.56. The van der Waals surface area contributed by atoms with E-state index in [2.05, 4.69) is 9.88 Å². The van der Waals surface area contributed by atoms with Gasteiger partial charge in [0.05, 0.1) is 5.56 Å². The first-order chi connectivity index (χ1) is 11.3. The van der Waals surface area contributed by atoms with Crippen molar-refractivity contribution >= 4 is 11.9 Å². The molecule has 1 unspecified atom stereocenters. The van der Waals surface area contributed by atoms with Crippen molar-refractivity contribution in [2.45, 2.75) is 40.3 Å². The van der Waals surface area contributed by atoms with Crippen LogP contribution in [0.2, 0.25) is 0 Å². The molecule has 0 radical (unpaired) electrons. The van der Waals surface area contributed by atoms with Crippen molar-refractivity contribution in [3.8, 4) is 0 Å². The molecule has 128 valence electrons. The SMILES string of the molecule is Cc1cc(C(=O)NC(C(=O)O)C(C)C)c(C)n1Cc1ccccc1. The molecule has 1 aromatic heterocycles. The van der Waals surface area contributed by atoms with Gasteiger partial charge in [-0.25, -0.2) is 4.79 Å². The molecular formula is C19H24N2O3. The Morgan fingerprint density at radius 2 is 1.79 bits per heavy atom. The standard InChI is InChI=1S/C19H24N2O3/c1-12(2)17(19(23)24)20-18(22)16-10-13(3)21(14(16)4)11-15-8-6-5-7-9-15/h5-10,12,17H,11H2,1-4H3,(H,20,22)(H,23,24). The zero-order chi connectivity index (χ0) is 17.9. The predicted molar refractivity (Wildman–Crippen MR) is 93.2 cm³/mol. The van der Waals surface area contributed by atoms with Gasteiger partial charge in [-0.1, -0.05) is 44.2 Å². The van der Waals surface area contributed by atoms with Crippen molar-refractivity contribution < 1.29 is 14.7 Å². The van der Waals surface area contributed by atoms with Crippen molar-refractivity contribution in [3.63, 3.8) is 0 Å². The van der Waals surface area contributed by atoms with Crippen LogP contribution in [-0.2, 0) is 11.3 Å². The van der Waals surface area contributed by atoms with Gasteiger partial charge in [0.15, 0.2) is 0 Å². The molecular weight excluding hydrogens is 304 g/mol. The largest absolute Gasteiger partial charge is 0.480 e. The van der Waals surface area contributed by atoms with E-state index in [1.807, 2.05) is 50.2 Å². The minimum atomic E-state index is -1.02. The van der Waals surface area contributed by atoms with E-state index in [4.69, 9.17) is 0 Å². The van der Waals surface area contributed by atoms with Crippen LogP contribution in [0.5, 0.6) is 0 Å². The second kappa shape index (κ2) is 7.34. The molecule has 0 fully saturated rings. The summed E-state index contributed by atoms with van der Waals surface area (Å²) >= 11 is 0. The Bertz CT molecular complexity index is 733. The number of hydrogen-bond donors (Lipinski definition) is 2. The summed E-state index contributed by atoms with van der Waals surface area (Å²) in [5.41, 5.74) is 3.48. The summed E-state index contributed by atoms with van der Waals surface area (Å²) < 4.78 is 2.06. The summed E-state index contributed by atoms with van der Waals surface area (Å²) in [7, 11) is 0. The number of aliphatic carboxylic acids is 1. The summed E-state index contributed by atoms with van der Waals surface area (Å²) in [6.45, 7) is 8.06.